The van der Waals surface area contributed by atoms with E-state index >= 15 is 0 Å². The van der Waals surface area contributed by atoms with Crippen molar-refractivity contribution < 1.29 is 29.2 Å². The first kappa shape index (κ1) is 24.1. The average Bonchev–Trinajstić information content (AvgIpc) is 3.19. The fraction of sp³-hybridized carbons (Fsp3) is 0.0385. The molecule has 1 heterocycles. The van der Waals surface area contributed by atoms with Crippen LogP contribution in [-0.4, -0.2) is 4.31 Å². The molecule has 0 aliphatic carbocycles. The summed E-state index contributed by atoms with van der Waals surface area (Å²) >= 11 is -2.64. The second-order valence-corrected chi connectivity index (χ2v) is 9.20. The predicted octanol–water partition coefficient (Wildman–Crippen LogP) is 7.49. The quantitative estimate of drug-likeness (QED) is 0.234. The summed E-state index contributed by atoms with van der Waals surface area (Å²) in [6.07, 6.45) is 1.75. The van der Waals surface area contributed by atoms with Crippen LogP contribution in [0.2, 0.25) is 0 Å². The van der Waals surface area contributed by atoms with E-state index in [-0.39, 0.29) is 24.8 Å². The number of aryl methyl sites for hydroxylation is 1. The van der Waals surface area contributed by atoms with Crippen LogP contribution in [0.5, 0.6) is 11.5 Å². The molecule has 6 heteroatoms. The van der Waals surface area contributed by atoms with Crippen molar-refractivity contribution in [2.45, 2.75) is 6.92 Å². The van der Waals surface area contributed by atoms with Crippen LogP contribution in [0, 0.1) is 6.92 Å². The van der Waals surface area contributed by atoms with E-state index in [1.165, 1.54) is 0 Å². The molecule has 0 radical (unpaired) electrons. The second-order valence-electron chi connectivity index (χ2n) is 7.11. The van der Waals surface area contributed by atoms with Gasteiger partial charge in [0.2, 0.25) is 0 Å². The van der Waals surface area contributed by atoms with Gasteiger partial charge in [0.1, 0.15) is 0 Å². The van der Waals surface area contributed by atoms with Gasteiger partial charge >= 0.3 is 182 Å². The van der Waals surface area contributed by atoms with Crippen molar-refractivity contribution in [3.8, 4) is 11.5 Å². The van der Waals surface area contributed by atoms with Crippen LogP contribution in [0.4, 0.5) is 0 Å². The molecule has 1 aromatic heterocycles. The standard InChI is InChI=1S/2C10H8O.C6H6O.2ClH.Ti/c2*11-10-7-3-5-8-4-1-2-6-9(8)10;1-5-3-6(2)7-4-5;;;/h2*1-7,11H;1,3-4H,2H3;2*1H;/q;;;;;+2/p-2. The zero-order chi connectivity index (χ0) is 20.3. The van der Waals surface area contributed by atoms with Crippen LogP contribution in [0.25, 0.3) is 21.5 Å². The SMILES string of the molecule is Cc1cc([CH]=[Ti]([O]c2cccc3ccccc23)[O]c2cccc3ccccc23)co1.Cl.Cl. The molecular formula is C26H22Cl2O3Ti. The maximum atomic E-state index is 6.54. The monoisotopic (exact) mass is 500 g/mol. The number of halogens is 2. The van der Waals surface area contributed by atoms with E-state index in [1.807, 2.05) is 61.5 Å². The summed E-state index contributed by atoms with van der Waals surface area (Å²) in [4.78, 5) is 0. The Morgan fingerprint density at radius 2 is 1.19 bits per heavy atom. The Morgan fingerprint density at radius 1 is 0.688 bits per heavy atom. The smallest absolute Gasteiger partial charge is 0.147 e. The van der Waals surface area contributed by atoms with Crippen LogP contribution in [-0.2, 0) is 18.2 Å². The number of furan rings is 1. The maximum absolute atomic E-state index is 6.54. The van der Waals surface area contributed by atoms with Crippen molar-refractivity contribution in [2.75, 3.05) is 0 Å². The zero-order valence-electron chi connectivity index (χ0n) is 17.4. The van der Waals surface area contributed by atoms with Gasteiger partial charge in [-0.15, -0.1) is 24.8 Å². The Kier molecular flexibility index (Phi) is 8.17. The first-order chi connectivity index (χ1) is 14.8. The van der Waals surface area contributed by atoms with E-state index in [4.69, 9.17) is 11.1 Å². The van der Waals surface area contributed by atoms with E-state index in [1.54, 1.807) is 6.26 Å². The van der Waals surface area contributed by atoms with Gasteiger partial charge in [0.05, 0.1) is 0 Å². The molecule has 162 valence electrons. The number of hydrogen-bond donors (Lipinski definition) is 0. The molecule has 0 aliphatic rings. The predicted molar refractivity (Wildman–Crippen MR) is 132 cm³/mol. The molecule has 0 unspecified atom stereocenters. The van der Waals surface area contributed by atoms with Gasteiger partial charge in [0.15, 0.2) is 0 Å². The van der Waals surface area contributed by atoms with Gasteiger partial charge in [-0.05, 0) is 0 Å². The largest absolute Gasteiger partial charge is 0.147 e. The molecular weight excluding hydrogens is 479 g/mol. The first-order valence-corrected chi connectivity index (χ1v) is 12.0. The second kappa shape index (κ2) is 10.8. The molecule has 0 N–H and O–H groups in total. The molecule has 4 aromatic carbocycles. The summed E-state index contributed by atoms with van der Waals surface area (Å²) in [6, 6.07) is 30.8. The summed E-state index contributed by atoms with van der Waals surface area (Å²) < 4.78 is 20.7. The Bertz CT molecular complexity index is 1280. The third kappa shape index (κ3) is 5.25. The maximum Gasteiger partial charge on any atom is -0.147 e. The van der Waals surface area contributed by atoms with Gasteiger partial charge in [-0.3, -0.25) is 0 Å². The fourth-order valence-corrected chi connectivity index (χ4v) is 5.68. The Balaban J connectivity index is 0.00000144. The van der Waals surface area contributed by atoms with E-state index in [0.717, 1.165) is 44.4 Å². The molecule has 3 nitrogen and oxygen atoms in total. The molecule has 0 saturated heterocycles. The third-order valence-corrected chi connectivity index (χ3v) is 7.16. The van der Waals surface area contributed by atoms with Crippen molar-refractivity contribution in [1.82, 2.24) is 0 Å². The number of benzene rings is 4. The third-order valence-electron chi connectivity index (χ3n) is 4.96. The van der Waals surface area contributed by atoms with Crippen molar-refractivity contribution in [3.63, 3.8) is 0 Å². The number of fused-ring (bicyclic) bond motifs is 2. The van der Waals surface area contributed by atoms with E-state index in [9.17, 15) is 0 Å². The minimum Gasteiger partial charge on any atom is -0.147 e. The van der Waals surface area contributed by atoms with Crippen LogP contribution < -0.4 is 6.64 Å². The van der Waals surface area contributed by atoms with Gasteiger partial charge in [0, 0.05) is 0 Å². The van der Waals surface area contributed by atoms with Crippen LogP contribution in [0.15, 0.2) is 102 Å². The molecule has 5 aromatic rings. The van der Waals surface area contributed by atoms with Gasteiger partial charge in [0.25, 0.3) is 0 Å². The van der Waals surface area contributed by atoms with Crippen LogP contribution in [0.3, 0.4) is 0 Å². The molecule has 0 bridgehead atoms. The van der Waals surface area contributed by atoms with Crippen LogP contribution in [0.1, 0.15) is 11.3 Å². The topological polar surface area (TPSA) is 31.6 Å². The number of hydrogen-bond acceptors (Lipinski definition) is 3. The molecule has 0 amide bonds. The van der Waals surface area contributed by atoms with Gasteiger partial charge in [-0.1, -0.05) is 0 Å². The van der Waals surface area contributed by atoms with Gasteiger partial charge < -0.3 is 0 Å². The molecule has 0 spiro atoms. The summed E-state index contributed by atoms with van der Waals surface area (Å²) in [7, 11) is 0. The average molecular weight is 501 g/mol. The van der Waals surface area contributed by atoms with Gasteiger partial charge in [-0.2, -0.15) is 0 Å². The van der Waals surface area contributed by atoms with E-state index in [2.05, 4.69) is 40.7 Å². The summed E-state index contributed by atoms with van der Waals surface area (Å²) in [5.41, 5.74) is 0.989. The van der Waals surface area contributed by atoms with Crippen molar-refractivity contribution >= 4 is 50.7 Å². The zero-order valence-corrected chi connectivity index (χ0v) is 20.6. The molecule has 5 rings (SSSR count). The Labute approximate surface area is 206 Å². The van der Waals surface area contributed by atoms with Crippen molar-refractivity contribution in [2.24, 2.45) is 0 Å². The van der Waals surface area contributed by atoms with E-state index in [0.29, 0.717) is 0 Å². The molecule has 0 aliphatic heterocycles. The minimum atomic E-state index is -2.64. The summed E-state index contributed by atoms with van der Waals surface area (Å²) in [5.74, 6) is 2.56. The molecule has 0 saturated carbocycles. The Morgan fingerprint density at radius 3 is 1.69 bits per heavy atom. The summed E-state index contributed by atoms with van der Waals surface area (Å²) in [5, 5.41) is 4.47. The first-order valence-electron chi connectivity index (χ1n) is 9.84. The minimum absolute atomic E-state index is 0. The Hall–Kier alpha value is -2.56. The normalized spacial score (nSPS) is 10.2. The molecule has 0 fully saturated rings. The van der Waals surface area contributed by atoms with Crippen molar-refractivity contribution in [3.05, 3.63) is 109 Å². The van der Waals surface area contributed by atoms with Crippen LogP contribution >= 0.6 is 24.8 Å². The molecule has 32 heavy (non-hydrogen) atoms. The molecule has 0 atom stereocenters. The van der Waals surface area contributed by atoms with Crippen molar-refractivity contribution in [1.29, 1.82) is 0 Å². The number of rotatable bonds is 5. The van der Waals surface area contributed by atoms with Gasteiger partial charge in [-0.25, -0.2) is 0 Å². The van der Waals surface area contributed by atoms with E-state index < -0.39 is 18.2 Å². The summed E-state index contributed by atoms with van der Waals surface area (Å²) in [6.45, 7) is 1.94. The fourth-order valence-electron chi connectivity index (χ4n) is 3.54.